The Kier molecular flexibility index (Phi) is 7.63. The summed E-state index contributed by atoms with van der Waals surface area (Å²) in [7, 11) is 0. The lowest BCUT2D eigenvalue weighted by atomic mass is 9.95. The highest BCUT2D eigenvalue weighted by atomic mass is 32.2. The van der Waals surface area contributed by atoms with Crippen molar-refractivity contribution in [3.8, 4) is 0 Å². The summed E-state index contributed by atoms with van der Waals surface area (Å²) in [6.45, 7) is 2.69. The Morgan fingerprint density at radius 3 is 2.70 bits per heavy atom. The van der Waals surface area contributed by atoms with Crippen LogP contribution in [0.2, 0.25) is 0 Å². The van der Waals surface area contributed by atoms with E-state index < -0.39 is 11.7 Å². The number of halogens is 3. The predicted molar refractivity (Wildman–Crippen MR) is 110 cm³/mol. The van der Waals surface area contributed by atoms with Crippen LogP contribution in [-0.2, 0) is 17.5 Å². The van der Waals surface area contributed by atoms with Crippen LogP contribution in [0.3, 0.4) is 0 Å². The molecule has 0 bridgehead atoms. The van der Waals surface area contributed by atoms with Crippen LogP contribution >= 0.6 is 11.8 Å². The lowest BCUT2D eigenvalue weighted by Crippen LogP contribution is -2.25. The Bertz CT molecular complexity index is 849. The number of amides is 1. The van der Waals surface area contributed by atoms with Gasteiger partial charge in [-0.2, -0.15) is 13.2 Å². The van der Waals surface area contributed by atoms with Crippen molar-refractivity contribution in [2.24, 2.45) is 0 Å². The van der Waals surface area contributed by atoms with Gasteiger partial charge in [-0.15, -0.1) is 10.2 Å². The number of rotatable bonds is 8. The van der Waals surface area contributed by atoms with Crippen LogP contribution < -0.4 is 10.6 Å². The molecule has 0 radical (unpaired) electrons. The van der Waals surface area contributed by atoms with E-state index in [0.717, 1.165) is 37.8 Å². The highest BCUT2D eigenvalue weighted by Crippen LogP contribution is 2.33. The Balaban J connectivity index is 1.76. The van der Waals surface area contributed by atoms with Crippen LogP contribution in [0.15, 0.2) is 29.4 Å². The first kappa shape index (κ1) is 22.5. The van der Waals surface area contributed by atoms with Gasteiger partial charge in [0.05, 0.1) is 17.9 Å². The molecule has 0 saturated heterocycles. The van der Waals surface area contributed by atoms with Crippen molar-refractivity contribution in [1.29, 1.82) is 0 Å². The molecule has 3 rings (SSSR count). The summed E-state index contributed by atoms with van der Waals surface area (Å²) in [6.07, 6.45) is 1.04. The highest BCUT2D eigenvalue weighted by Gasteiger charge is 2.30. The maximum absolute atomic E-state index is 13.0. The van der Waals surface area contributed by atoms with Crippen LogP contribution in [0.25, 0.3) is 0 Å². The van der Waals surface area contributed by atoms with Crippen LogP contribution in [-0.4, -0.2) is 33.0 Å². The predicted octanol–water partition coefficient (Wildman–Crippen LogP) is 4.64. The van der Waals surface area contributed by atoms with E-state index in [9.17, 15) is 18.0 Å². The number of nitrogens with zero attached hydrogens (tertiary/aromatic N) is 3. The van der Waals surface area contributed by atoms with E-state index in [1.54, 1.807) is 6.07 Å². The number of hydrogen-bond acceptors (Lipinski definition) is 5. The largest absolute Gasteiger partial charge is 0.416 e. The zero-order valence-corrected chi connectivity index (χ0v) is 17.7. The molecular weight excluding hydrogens is 415 g/mol. The lowest BCUT2D eigenvalue weighted by Gasteiger charge is -2.25. The van der Waals surface area contributed by atoms with Crippen LogP contribution in [0.1, 0.15) is 56.5 Å². The molecule has 1 heterocycles. The molecule has 164 valence electrons. The van der Waals surface area contributed by atoms with Crippen molar-refractivity contribution in [2.75, 3.05) is 17.6 Å². The van der Waals surface area contributed by atoms with Crippen LogP contribution in [0, 0.1) is 0 Å². The third-order valence-corrected chi connectivity index (χ3v) is 5.96. The molecule has 0 unspecified atom stereocenters. The smallest absolute Gasteiger partial charge is 0.378 e. The number of alkyl halides is 3. The number of benzene rings is 1. The fourth-order valence-electron chi connectivity index (χ4n) is 3.60. The Morgan fingerprint density at radius 1 is 1.23 bits per heavy atom. The summed E-state index contributed by atoms with van der Waals surface area (Å²) >= 11 is 1.34. The molecule has 30 heavy (non-hydrogen) atoms. The van der Waals surface area contributed by atoms with Crippen molar-refractivity contribution < 1.29 is 18.0 Å². The van der Waals surface area contributed by atoms with Crippen molar-refractivity contribution in [1.82, 2.24) is 20.1 Å². The number of nitrogens with one attached hydrogen (secondary N) is 2. The number of carbonyl (C=O) groups is 1. The summed E-state index contributed by atoms with van der Waals surface area (Å²) in [4.78, 5) is 11.8. The molecule has 6 nitrogen and oxygen atoms in total. The number of thioether (sulfide) groups is 1. The summed E-state index contributed by atoms with van der Waals surface area (Å²) in [5.41, 5.74) is -0.320. The zero-order chi connectivity index (χ0) is 21.6. The van der Waals surface area contributed by atoms with Gasteiger partial charge in [0.1, 0.15) is 0 Å². The topological polar surface area (TPSA) is 71.8 Å². The third kappa shape index (κ3) is 5.90. The van der Waals surface area contributed by atoms with Gasteiger partial charge in [0, 0.05) is 18.3 Å². The van der Waals surface area contributed by atoms with Gasteiger partial charge in [-0.3, -0.25) is 4.79 Å². The van der Waals surface area contributed by atoms with Crippen LogP contribution in [0.5, 0.6) is 0 Å². The molecule has 1 fully saturated rings. The van der Waals surface area contributed by atoms with E-state index in [0.29, 0.717) is 23.2 Å². The quantitative estimate of drug-likeness (QED) is 0.584. The average Bonchev–Trinajstić information content (AvgIpc) is 3.14. The summed E-state index contributed by atoms with van der Waals surface area (Å²) in [5.74, 6) is 0.849. The molecule has 0 spiro atoms. The fraction of sp³-hybridized carbons (Fsp3) is 0.550. The number of hydrogen-bond donors (Lipinski definition) is 2. The minimum absolute atomic E-state index is 0.0654. The first-order valence-corrected chi connectivity index (χ1v) is 11.1. The second-order valence-corrected chi connectivity index (χ2v) is 8.18. The van der Waals surface area contributed by atoms with Crippen LogP contribution in [0.4, 0.5) is 18.9 Å². The van der Waals surface area contributed by atoms with Crippen molar-refractivity contribution >= 4 is 23.4 Å². The molecule has 1 aromatic carbocycles. The molecule has 1 aromatic heterocycles. The molecule has 2 aromatic rings. The van der Waals surface area contributed by atoms with E-state index in [-0.39, 0.29) is 24.2 Å². The molecule has 1 aliphatic rings. The van der Waals surface area contributed by atoms with Gasteiger partial charge in [-0.1, -0.05) is 37.1 Å². The van der Waals surface area contributed by atoms with E-state index in [2.05, 4.69) is 25.4 Å². The SMILES string of the molecule is CCNC(=O)CSc1nnc(CNc2cccc(C(F)(F)F)c2)n1C1CCCCC1. The monoisotopic (exact) mass is 441 g/mol. The standard InChI is InChI=1S/C20H26F3N5OS/c1-2-24-18(29)13-30-19-27-26-17(28(19)16-9-4-3-5-10-16)12-25-15-8-6-7-14(11-15)20(21,22)23/h6-8,11,16,25H,2-5,9-10,12-13H2,1H3,(H,24,29). The third-order valence-electron chi connectivity index (χ3n) is 5.02. The molecule has 0 aliphatic heterocycles. The van der Waals surface area contributed by atoms with Gasteiger partial charge in [-0.05, 0) is 38.0 Å². The highest BCUT2D eigenvalue weighted by molar-refractivity contribution is 7.99. The van der Waals surface area contributed by atoms with E-state index >= 15 is 0 Å². The van der Waals surface area contributed by atoms with Gasteiger partial charge in [0.25, 0.3) is 0 Å². The number of aromatic nitrogens is 3. The van der Waals surface area contributed by atoms with Crippen molar-refractivity contribution in [3.05, 3.63) is 35.7 Å². The molecular formula is C20H26F3N5OS. The Labute approximate surface area is 178 Å². The van der Waals surface area contributed by atoms with E-state index in [4.69, 9.17) is 0 Å². The second kappa shape index (κ2) is 10.2. The van der Waals surface area contributed by atoms with E-state index in [1.165, 1.54) is 24.2 Å². The molecule has 2 N–H and O–H groups in total. The lowest BCUT2D eigenvalue weighted by molar-refractivity contribution is -0.137. The minimum Gasteiger partial charge on any atom is -0.378 e. The normalized spacial score (nSPS) is 15.2. The Morgan fingerprint density at radius 2 is 2.00 bits per heavy atom. The van der Waals surface area contributed by atoms with Gasteiger partial charge < -0.3 is 15.2 Å². The van der Waals surface area contributed by atoms with Gasteiger partial charge in [0.2, 0.25) is 5.91 Å². The van der Waals surface area contributed by atoms with Gasteiger partial charge in [0.15, 0.2) is 11.0 Å². The second-order valence-electron chi connectivity index (χ2n) is 7.23. The minimum atomic E-state index is -4.39. The first-order valence-electron chi connectivity index (χ1n) is 10.1. The molecule has 1 aliphatic carbocycles. The number of carbonyl (C=O) groups excluding carboxylic acids is 1. The van der Waals surface area contributed by atoms with Gasteiger partial charge in [-0.25, -0.2) is 0 Å². The number of anilines is 1. The average molecular weight is 442 g/mol. The summed E-state index contributed by atoms with van der Waals surface area (Å²) in [6, 6.07) is 5.35. The molecule has 1 saturated carbocycles. The van der Waals surface area contributed by atoms with E-state index in [1.807, 2.05) is 6.92 Å². The maximum Gasteiger partial charge on any atom is 0.416 e. The van der Waals surface area contributed by atoms with Crippen molar-refractivity contribution in [2.45, 2.75) is 62.9 Å². The fourth-order valence-corrected chi connectivity index (χ4v) is 4.45. The first-order chi connectivity index (χ1) is 14.4. The van der Waals surface area contributed by atoms with Crippen molar-refractivity contribution in [3.63, 3.8) is 0 Å². The summed E-state index contributed by atoms with van der Waals surface area (Å²) in [5, 5.41) is 15.0. The summed E-state index contributed by atoms with van der Waals surface area (Å²) < 4.78 is 40.9. The maximum atomic E-state index is 13.0. The molecule has 1 amide bonds. The Hall–Kier alpha value is -2.23. The molecule has 0 atom stereocenters. The van der Waals surface area contributed by atoms with Gasteiger partial charge >= 0.3 is 6.18 Å². The molecule has 10 heteroatoms. The zero-order valence-electron chi connectivity index (χ0n) is 16.8.